The molecule has 0 fully saturated rings. The number of aryl methyl sites for hydroxylation is 1. The summed E-state index contributed by atoms with van der Waals surface area (Å²) >= 11 is 0. The fourth-order valence-electron chi connectivity index (χ4n) is 1.09. The highest BCUT2D eigenvalue weighted by atomic mass is 16.4. The number of carboxylic acid groups (broad SMARTS) is 1. The zero-order valence-electron chi connectivity index (χ0n) is 7.76. The molecule has 0 aliphatic carbocycles. The molecule has 0 spiro atoms. The summed E-state index contributed by atoms with van der Waals surface area (Å²) in [4.78, 5) is 18.4. The molecule has 14 heavy (non-hydrogen) atoms. The number of hydrogen-bond donors (Lipinski definition) is 2. The largest absolute Gasteiger partial charge is 0.480 e. The lowest BCUT2D eigenvalue weighted by Crippen LogP contribution is -2.29. The Morgan fingerprint density at radius 3 is 2.93 bits per heavy atom. The maximum absolute atomic E-state index is 10.4. The molecule has 0 radical (unpaired) electrons. The van der Waals surface area contributed by atoms with Gasteiger partial charge in [-0.2, -0.15) is 0 Å². The van der Waals surface area contributed by atoms with Gasteiger partial charge in [0.2, 0.25) is 0 Å². The third-order valence-corrected chi connectivity index (χ3v) is 1.88. The van der Waals surface area contributed by atoms with Gasteiger partial charge < -0.3 is 10.8 Å². The highest BCUT2D eigenvalue weighted by molar-refractivity contribution is 5.72. The molecule has 5 heteroatoms. The van der Waals surface area contributed by atoms with Gasteiger partial charge in [0.15, 0.2) is 0 Å². The second-order valence-corrected chi connectivity index (χ2v) is 3.03. The van der Waals surface area contributed by atoms with Gasteiger partial charge in [-0.15, -0.1) is 0 Å². The van der Waals surface area contributed by atoms with E-state index in [1.807, 2.05) is 0 Å². The Morgan fingerprint density at radius 1 is 1.57 bits per heavy atom. The normalized spacial score (nSPS) is 12.4. The molecule has 0 bridgehead atoms. The van der Waals surface area contributed by atoms with Crippen molar-refractivity contribution in [3.8, 4) is 0 Å². The van der Waals surface area contributed by atoms with Crippen LogP contribution in [0.5, 0.6) is 0 Å². The highest BCUT2D eigenvalue weighted by Gasteiger charge is 2.10. The first kappa shape index (κ1) is 10.6. The number of carboxylic acids is 1. The molecule has 1 atom stereocenters. The molecule has 0 aliphatic heterocycles. The smallest absolute Gasteiger partial charge is 0.320 e. The quantitative estimate of drug-likeness (QED) is 0.701. The first-order valence-corrected chi connectivity index (χ1v) is 4.43. The SMILES string of the molecule is N[C@H](CCCc1cnccn1)C(=O)O. The van der Waals surface area contributed by atoms with E-state index >= 15 is 0 Å². The van der Waals surface area contributed by atoms with Gasteiger partial charge in [-0.3, -0.25) is 14.8 Å². The molecule has 0 aromatic carbocycles. The van der Waals surface area contributed by atoms with E-state index in [2.05, 4.69) is 9.97 Å². The molecule has 5 nitrogen and oxygen atoms in total. The number of rotatable bonds is 5. The molecule has 1 heterocycles. The van der Waals surface area contributed by atoms with Crippen LogP contribution in [0, 0.1) is 0 Å². The molecule has 3 N–H and O–H groups in total. The van der Waals surface area contributed by atoms with Crippen LogP contribution in [0.3, 0.4) is 0 Å². The summed E-state index contributed by atoms with van der Waals surface area (Å²) in [5, 5.41) is 8.53. The van der Waals surface area contributed by atoms with Crippen molar-refractivity contribution in [1.29, 1.82) is 0 Å². The topological polar surface area (TPSA) is 89.1 Å². The summed E-state index contributed by atoms with van der Waals surface area (Å²) in [5.74, 6) is -0.954. The summed E-state index contributed by atoms with van der Waals surface area (Å²) in [6, 6.07) is -0.772. The van der Waals surface area contributed by atoms with E-state index in [1.54, 1.807) is 18.6 Å². The number of aromatic nitrogens is 2. The Kier molecular flexibility index (Phi) is 4.00. The van der Waals surface area contributed by atoms with Crippen molar-refractivity contribution in [2.75, 3.05) is 0 Å². The van der Waals surface area contributed by atoms with Crippen molar-refractivity contribution in [3.05, 3.63) is 24.3 Å². The number of nitrogens with two attached hydrogens (primary N) is 1. The Hall–Kier alpha value is -1.49. The second kappa shape index (κ2) is 5.29. The lowest BCUT2D eigenvalue weighted by atomic mass is 10.1. The summed E-state index contributed by atoms with van der Waals surface area (Å²) in [6.45, 7) is 0. The molecule has 0 saturated heterocycles. The van der Waals surface area contributed by atoms with E-state index in [9.17, 15) is 4.79 Å². The molecular weight excluding hydrogens is 182 g/mol. The minimum Gasteiger partial charge on any atom is -0.480 e. The van der Waals surface area contributed by atoms with E-state index < -0.39 is 12.0 Å². The van der Waals surface area contributed by atoms with Crippen molar-refractivity contribution in [1.82, 2.24) is 9.97 Å². The fourth-order valence-corrected chi connectivity index (χ4v) is 1.09. The van der Waals surface area contributed by atoms with E-state index in [-0.39, 0.29) is 0 Å². The van der Waals surface area contributed by atoms with Crippen LogP contribution >= 0.6 is 0 Å². The molecule has 76 valence electrons. The molecule has 0 amide bonds. The predicted molar refractivity (Wildman–Crippen MR) is 50.6 cm³/mol. The van der Waals surface area contributed by atoms with Crippen LogP contribution in [0.1, 0.15) is 18.5 Å². The third-order valence-electron chi connectivity index (χ3n) is 1.88. The molecule has 1 rings (SSSR count). The third kappa shape index (κ3) is 3.49. The van der Waals surface area contributed by atoms with Crippen LogP contribution in [0.4, 0.5) is 0 Å². The Bertz CT molecular complexity index is 289. The van der Waals surface area contributed by atoms with Gasteiger partial charge in [-0.05, 0) is 19.3 Å². The molecule has 0 aliphatic rings. The van der Waals surface area contributed by atoms with Crippen molar-refractivity contribution < 1.29 is 9.90 Å². The zero-order valence-corrected chi connectivity index (χ0v) is 7.76. The standard InChI is InChI=1S/C9H13N3O2/c10-8(9(13)14)3-1-2-7-6-11-4-5-12-7/h4-6,8H,1-3,10H2,(H,13,14)/t8-/m1/s1. The average Bonchev–Trinajstić information content (AvgIpc) is 2.19. The monoisotopic (exact) mass is 195 g/mol. The fraction of sp³-hybridized carbons (Fsp3) is 0.444. The van der Waals surface area contributed by atoms with Gasteiger partial charge in [0.05, 0.1) is 5.69 Å². The van der Waals surface area contributed by atoms with Crippen LogP contribution in [-0.2, 0) is 11.2 Å². The van der Waals surface area contributed by atoms with E-state index in [4.69, 9.17) is 10.8 Å². The van der Waals surface area contributed by atoms with Crippen molar-refractivity contribution >= 4 is 5.97 Å². The average molecular weight is 195 g/mol. The summed E-state index contributed by atoms with van der Waals surface area (Å²) in [7, 11) is 0. The molecule has 0 saturated carbocycles. The number of carbonyl (C=O) groups is 1. The van der Waals surface area contributed by atoms with Gasteiger partial charge >= 0.3 is 5.97 Å². The minimum absolute atomic E-state index is 0.464. The van der Waals surface area contributed by atoms with Gasteiger partial charge in [0, 0.05) is 18.6 Å². The summed E-state index contributed by atoms with van der Waals surface area (Å²) in [6.07, 6.45) is 6.79. The van der Waals surface area contributed by atoms with E-state index in [0.29, 0.717) is 12.8 Å². The summed E-state index contributed by atoms with van der Waals surface area (Å²) < 4.78 is 0. The van der Waals surface area contributed by atoms with Gasteiger partial charge in [-0.25, -0.2) is 0 Å². The van der Waals surface area contributed by atoms with E-state index in [1.165, 1.54) is 0 Å². The molecule has 1 aromatic heterocycles. The Labute approximate surface area is 82.0 Å². The Morgan fingerprint density at radius 2 is 2.36 bits per heavy atom. The van der Waals surface area contributed by atoms with Crippen LogP contribution in [0.15, 0.2) is 18.6 Å². The maximum Gasteiger partial charge on any atom is 0.320 e. The minimum atomic E-state index is -0.954. The first-order chi connectivity index (χ1) is 6.70. The Balaban J connectivity index is 2.26. The lowest BCUT2D eigenvalue weighted by molar-refractivity contribution is -0.138. The molecular formula is C9H13N3O2. The van der Waals surface area contributed by atoms with Gasteiger partial charge in [-0.1, -0.05) is 0 Å². The number of nitrogens with zero attached hydrogens (tertiary/aromatic N) is 2. The van der Waals surface area contributed by atoms with Gasteiger partial charge in [0.25, 0.3) is 0 Å². The van der Waals surface area contributed by atoms with Crippen molar-refractivity contribution in [2.45, 2.75) is 25.3 Å². The van der Waals surface area contributed by atoms with Crippen LogP contribution in [0.2, 0.25) is 0 Å². The first-order valence-electron chi connectivity index (χ1n) is 4.43. The second-order valence-electron chi connectivity index (χ2n) is 3.03. The number of aliphatic carboxylic acids is 1. The zero-order chi connectivity index (χ0) is 10.4. The summed E-state index contributed by atoms with van der Waals surface area (Å²) in [5.41, 5.74) is 6.21. The number of hydrogen-bond acceptors (Lipinski definition) is 4. The van der Waals surface area contributed by atoms with Crippen molar-refractivity contribution in [3.63, 3.8) is 0 Å². The van der Waals surface area contributed by atoms with Crippen LogP contribution < -0.4 is 5.73 Å². The van der Waals surface area contributed by atoms with Crippen LogP contribution in [-0.4, -0.2) is 27.1 Å². The lowest BCUT2D eigenvalue weighted by Gasteiger charge is -2.04. The van der Waals surface area contributed by atoms with E-state index in [0.717, 1.165) is 12.1 Å². The molecule has 1 aromatic rings. The molecule has 0 unspecified atom stereocenters. The van der Waals surface area contributed by atoms with Gasteiger partial charge in [0.1, 0.15) is 6.04 Å². The van der Waals surface area contributed by atoms with Crippen molar-refractivity contribution in [2.24, 2.45) is 5.73 Å². The van der Waals surface area contributed by atoms with Crippen LogP contribution in [0.25, 0.3) is 0 Å². The highest BCUT2D eigenvalue weighted by Crippen LogP contribution is 2.01. The predicted octanol–water partition coefficient (Wildman–Crippen LogP) is 0.211. The maximum atomic E-state index is 10.4.